The van der Waals surface area contributed by atoms with Gasteiger partial charge in [0.2, 0.25) is 0 Å². The van der Waals surface area contributed by atoms with Crippen LogP contribution in [0.3, 0.4) is 0 Å². The first-order chi connectivity index (χ1) is 11.2. The molecule has 0 aromatic carbocycles. The fourth-order valence-electron chi connectivity index (χ4n) is 2.17. The van der Waals surface area contributed by atoms with Crippen LogP contribution in [-0.4, -0.2) is 57.6 Å². The van der Waals surface area contributed by atoms with E-state index < -0.39 is 28.6 Å². The molecule has 0 radical (unpaired) electrons. The molecule has 1 amide bonds. The van der Waals surface area contributed by atoms with Crippen LogP contribution in [0.4, 0.5) is 0 Å². The molecule has 0 saturated carbocycles. The molecular formula is C15H19N3O5S. The first-order valence-electron chi connectivity index (χ1n) is 7.35. The first-order valence-corrected chi connectivity index (χ1v) is 8.40. The lowest BCUT2D eigenvalue weighted by atomic mass is 9.97. The van der Waals surface area contributed by atoms with Crippen LogP contribution in [-0.2, 0) is 23.9 Å². The average molecular weight is 353 g/mol. The van der Waals surface area contributed by atoms with Gasteiger partial charge in [0.05, 0.1) is 11.1 Å². The average Bonchev–Trinajstić information content (AvgIpc) is 2.49. The lowest BCUT2D eigenvalue weighted by molar-refractivity contribution is -0.153. The van der Waals surface area contributed by atoms with E-state index in [9.17, 15) is 14.4 Å². The van der Waals surface area contributed by atoms with Gasteiger partial charge in [-0.15, -0.1) is 11.8 Å². The molecule has 0 N–H and O–H groups in total. The molecule has 0 unspecified atom stereocenters. The van der Waals surface area contributed by atoms with Gasteiger partial charge in [-0.1, -0.05) is 0 Å². The Morgan fingerprint density at radius 2 is 2.00 bits per heavy atom. The predicted molar refractivity (Wildman–Crippen MR) is 85.8 cm³/mol. The second-order valence-corrected chi connectivity index (χ2v) is 7.55. The second-order valence-electron chi connectivity index (χ2n) is 6.48. The maximum absolute atomic E-state index is 12.1. The Bertz CT molecular complexity index is 673. The SMILES string of the molecule is CC(=O)OCC1=C(COC(=O)C(C)(C)C)N2C(=O)C(=[N+]=[N-])[C@H]2SC1. The summed E-state index contributed by atoms with van der Waals surface area (Å²) in [6, 6.07) is 0. The van der Waals surface area contributed by atoms with Crippen molar-refractivity contribution in [3.05, 3.63) is 16.8 Å². The Morgan fingerprint density at radius 1 is 1.33 bits per heavy atom. The van der Waals surface area contributed by atoms with Crippen LogP contribution in [0.2, 0.25) is 0 Å². The molecule has 1 saturated heterocycles. The number of carbonyl (C=O) groups excluding carboxylic acids is 3. The molecule has 2 aliphatic rings. The molecule has 8 nitrogen and oxygen atoms in total. The molecule has 1 atom stereocenters. The highest BCUT2D eigenvalue weighted by atomic mass is 32.2. The van der Waals surface area contributed by atoms with E-state index in [-0.39, 0.29) is 18.9 Å². The molecule has 0 aliphatic carbocycles. The smallest absolute Gasteiger partial charge is 0.389 e. The number of esters is 2. The van der Waals surface area contributed by atoms with Gasteiger partial charge in [0.15, 0.2) is 5.37 Å². The molecule has 2 aliphatic heterocycles. The summed E-state index contributed by atoms with van der Waals surface area (Å²) in [4.78, 5) is 39.6. The van der Waals surface area contributed by atoms with Crippen molar-refractivity contribution in [2.75, 3.05) is 19.0 Å². The molecule has 24 heavy (non-hydrogen) atoms. The highest BCUT2D eigenvalue weighted by molar-refractivity contribution is 8.01. The lowest BCUT2D eigenvalue weighted by Gasteiger charge is -2.41. The zero-order chi connectivity index (χ0) is 18.1. The van der Waals surface area contributed by atoms with Gasteiger partial charge >= 0.3 is 23.6 Å². The fourth-order valence-corrected chi connectivity index (χ4v) is 3.46. The summed E-state index contributed by atoms with van der Waals surface area (Å²) in [6.45, 7) is 6.40. The molecule has 1 fully saturated rings. The lowest BCUT2D eigenvalue weighted by Crippen LogP contribution is -2.62. The van der Waals surface area contributed by atoms with E-state index in [1.807, 2.05) is 0 Å². The standard InChI is InChI=1S/C15H19N3O5S/c1-8(19)22-5-9-7-24-13-11(17-16)12(20)18(13)10(9)6-23-14(21)15(2,3)4/h13H,5-7H2,1-4H3/t13-/m1/s1. The summed E-state index contributed by atoms with van der Waals surface area (Å²) in [6.07, 6.45) is 0. The topological polar surface area (TPSA) is 109 Å². The minimum Gasteiger partial charge on any atom is -0.461 e. The minimum absolute atomic E-state index is 0.0207. The van der Waals surface area contributed by atoms with E-state index in [0.29, 0.717) is 17.0 Å². The first kappa shape index (κ1) is 18.2. The summed E-state index contributed by atoms with van der Waals surface area (Å²) in [5, 5.41) is -0.410. The maximum Gasteiger partial charge on any atom is 0.389 e. The Morgan fingerprint density at radius 3 is 2.54 bits per heavy atom. The van der Waals surface area contributed by atoms with Crippen molar-refractivity contribution in [2.45, 2.75) is 33.1 Å². The number of rotatable bonds is 4. The number of hydrogen-bond donors (Lipinski definition) is 0. The van der Waals surface area contributed by atoms with E-state index in [0.717, 1.165) is 0 Å². The summed E-state index contributed by atoms with van der Waals surface area (Å²) in [5.41, 5.74) is 9.47. The van der Waals surface area contributed by atoms with Gasteiger partial charge in [-0.2, -0.15) is 4.79 Å². The highest BCUT2D eigenvalue weighted by Crippen LogP contribution is 2.38. The van der Waals surface area contributed by atoms with Crippen LogP contribution in [0.15, 0.2) is 11.3 Å². The molecule has 0 aromatic rings. The van der Waals surface area contributed by atoms with Gasteiger partial charge in [0.25, 0.3) is 0 Å². The predicted octanol–water partition coefficient (Wildman–Crippen LogP) is 0.979. The van der Waals surface area contributed by atoms with Gasteiger partial charge in [-0.25, -0.2) is 0 Å². The molecule has 2 heterocycles. The van der Waals surface area contributed by atoms with Crippen LogP contribution in [0.25, 0.3) is 5.53 Å². The summed E-state index contributed by atoms with van der Waals surface area (Å²) in [5.74, 6) is -0.811. The summed E-state index contributed by atoms with van der Waals surface area (Å²) >= 11 is 1.38. The van der Waals surface area contributed by atoms with Crippen molar-refractivity contribution in [1.82, 2.24) is 4.90 Å². The molecule has 0 aromatic heterocycles. The molecule has 9 heteroatoms. The number of ether oxygens (including phenoxy) is 2. The zero-order valence-corrected chi connectivity index (χ0v) is 14.8. The molecule has 0 bridgehead atoms. The van der Waals surface area contributed by atoms with Crippen molar-refractivity contribution in [3.63, 3.8) is 0 Å². The van der Waals surface area contributed by atoms with E-state index in [2.05, 4.69) is 4.79 Å². The van der Waals surface area contributed by atoms with Crippen LogP contribution in [0.5, 0.6) is 0 Å². The van der Waals surface area contributed by atoms with Crippen molar-refractivity contribution in [2.24, 2.45) is 5.41 Å². The third-order valence-corrected chi connectivity index (χ3v) is 4.80. The van der Waals surface area contributed by atoms with Gasteiger partial charge in [-0.05, 0) is 20.8 Å². The normalized spacial score (nSPS) is 20.2. The van der Waals surface area contributed by atoms with Gasteiger partial charge in [-0.3, -0.25) is 19.3 Å². The Balaban J connectivity index is 2.23. The molecular weight excluding hydrogens is 334 g/mol. The number of β-lactam (4-membered cyclic amide) rings is 1. The highest BCUT2D eigenvalue weighted by Gasteiger charge is 2.56. The number of amides is 1. The maximum atomic E-state index is 12.1. The Hall–Kier alpha value is -2.12. The largest absolute Gasteiger partial charge is 0.461 e. The third-order valence-electron chi connectivity index (χ3n) is 3.53. The monoisotopic (exact) mass is 353 g/mol. The van der Waals surface area contributed by atoms with Crippen LogP contribution >= 0.6 is 11.8 Å². The van der Waals surface area contributed by atoms with Crippen LogP contribution in [0.1, 0.15) is 27.7 Å². The van der Waals surface area contributed by atoms with Crippen molar-refractivity contribution >= 4 is 35.3 Å². The van der Waals surface area contributed by atoms with Gasteiger partial charge in [0, 0.05) is 18.2 Å². The van der Waals surface area contributed by atoms with Crippen LogP contribution in [0, 0.1) is 5.41 Å². The quantitative estimate of drug-likeness (QED) is 0.322. The Labute approximate surface area is 143 Å². The van der Waals surface area contributed by atoms with Crippen molar-refractivity contribution < 1.29 is 28.6 Å². The number of carbonyl (C=O) groups is 3. The van der Waals surface area contributed by atoms with Gasteiger partial charge in [0.1, 0.15) is 13.2 Å². The van der Waals surface area contributed by atoms with E-state index in [1.54, 1.807) is 20.8 Å². The van der Waals surface area contributed by atoms with E-state index >= 15 is 0 Å². The molecule has 0 spiro atoms. The number of thioether (sulfide) groups is 1. The molecule has 2 rings (SSSR count). The number of nitrogens with zero attached hydrogens (tertiary/aromatic N) is 3. The van der Waals surface area contributed by atoms with E-state index in [4.69, 9.17) is 15.0 Å². The van der Waals surface area contributed by atoms with E-state index in [1.165, 1.54) is 23.6 Å². The third kappa shape index (κ3) is 3.52. The van der Waals surface area contributed by atoms with Crippen LogP contribution < -0.4 is 0 Å². The van der Waals surface area contributed by atoms with Crippen molar-refractivity contribution in [3.8, 4) is 0 Å². The number of fused-ring (bicyclic) bond motifs is 1. The van der Waals surface area contributed by atoms with Gasteiger partial charge < -0.3 is 15.0 Å². The summed E-state index contributed by atoms with van der Waals surface area (Å²) in [7, 11) is 0. The number of hydrogen-bond acceptors (Lipinski definition) is 6. The summed E-state index contributed by atoms with van der Waals surface area (Å²) < 4.78 is 10.3. The molecule has 130 valence electrons. The minimum atomic E-state index is -0.671. The second kappa shape index (κ2) is 6.78. The fraction of sp³-hybridized carbons (Fsp3) is 0.600. The zero-order valence-electron chi connectivity index (χ0n) is 14.0. The Kier molecular flexibility index (Phi) is 5.15. The van der Waals surface area contributed by atoms with Crippen molar-refractivity contribution in [1.29, 1.82) is 0 Å².